The lowest BCUT2D eigenvalue weighted by Crippen LogP contribution is -2.40. The van der Waals surface area contributed by atoms with Gasteiger partial charge in [-0.2, -0.15) is 0 Å². The van der Waals surface area contributed by atoms with Gasteiger partial charge in [-0.1, -0.05) is 41.4 Å². The minimum absolute atomic E-state index is 0.0523. The summed E-state index contributed by atoms with van der Waals surface area (Å²) in [5.41, 5.74) is 2.03. The van der Waals surface area contributed by atoms with E-state index in [9.17, 15) is 4.79 Å². The van der Waals surface area contributed by atoms with Crippen molar-refractivity contribution in [2.75, 3.05) is 13.1 Å². The number of halogens is 2. The molecule has 1 aliphatic rings. The van der Waals surface area contributed by atoms with E-state index in [-0.39, 0.29) is 17.9 Å². The maximum Gasteiger partial charge on any atom is 0.223 e. The van der Waals surface area contributed by atoms with Gasteiger partial charge in [0.25, 0.3) is 0 Å². The lowest BCUT2D eigenvalue weighted by molar-refractivity contribution is -0.126. The molecule has 0 spiro atoms. The second-order valence-electron chi connectivity index (χ2n) is 7.78. The average Bonchev–Trinajstić information content (AvgIpc) is 2.70. The van der Waals surface area contributed by atoms with Gasteiger partial charge in [-0.3, -0.25) is 9.69 Å². The van der Waals surface area contributed by atoms with Gasteiger partial charge < -0.3 is 10.1 Å². The first-order valence-electron chi connectivity index (χ1n) is 10.1. The minimum Gasteiger partial charge on any atom is -0.491 e. The van der Waals surface area contributed by atoms with Crippen molar-refractivity contribution < 1.29 is 9.53 Å². The number of hydrogen-bond donors (Lipinski definition) is 1. The first-order valence-corrected chi connectivity index (χ1v) is 10.9. The molecule has 1 saturated heterocycles. The molecule has 1 amide bonds. The van der Waals surface area contributed by atoms with Crippen molar-refractivity contribution in [2.45, 2.75) is 45.9 Å². The summed E-state index contributed by atoms with van der Waals surface area (Å²) < 4.78 is 5.65. The van der Waals surface area contributed by atoms with Crippen LogP contribution in [0.15, 0.2) is 42.5 Å². The van der Waals surface area contributed by atoms with E-state index in [1.165, 1.54) is 0 Å². The zero-order valence-corrected chi connectivity index (χ0v) is 18.5. The quantitative estimate of drug-likeness (QED) is 0.641. The van der Waals surface area contributed by atoms with E-state index in [4.69, 9.17) is 27.9 Å². The van der Waals surface area contributed by atoms with Gasteiger partial charge in [0.05, 0.1) is 6.10 Å². The van der Waals surface area contributed by atoms with Gasteiger partial charge >= 0.3 is 0 Å². The molecule has 0 saturated carbocycles. The lowest BCUT2D eigenvalue weighted by atomic mass is 9.95. The van der Waals surface area contributed by atoms with Crippen molar-refractivity contribution in [1.82, 2.24) is 10.2 Å². The van der Waals surface area contributed by atoms with Crippen LogP contribution >= 0.6 is 23.2 Å². The van der Waals surface area contributed by atoms with Gasteiger partial charge in [-0.25, -0.2) is 0 Å². The number of likely N-dealkylation sites (tertiary alicyclic amines) is 1. The molecule has 1 aliphatic heterocycles. The summed E-state index contributed by atoms with van der Waals surface area (Å²) in [6.45, 7) is 6.99. The highest BCUT2D eigenvalue weighted by Gasteiger charge is 2.25. The molecule has 0 aromatic heterocycles. The van der Waals surface area contributed by atoms with Crippen molar-refractivity contribution >= 4 is 29.1 Å². The predicted molar refractivity (Wildman–Crippen MR) is 119 cm³/mol. The van der Waals surface area contributed by atoms with Crippen LogP contribution in [0.2, 0.25) is 10.0 Å². The smallest absolute Gasteiger partial charge is 0.223 e. The largest absolute Gasteiger partial charge is 0.491 e. The summed E-state index contributed by atoms with van der Waals surface area (Å²) in [5.74, 6) is 1.03. The Bertz CT molecular complexity index is 796. The second-order valence-corrected chi connectivity index (χ2v) is 8.59. The SMILES string of the molecule is CC(C)Oc1ccc(CNC(=O)C2CCN(Cc3c(Cl)cccc3Cl)CC2)cc1. The number of hydrogen-bond acceptors (Lipinski definition) is 3. The molecule has 2 aromatic rings. The average molecular weight is 435 g/mol. The van der Waals surface area contributed by atoms with Crippen molar-refractivity contribution in [3.8, 4) is 5.75 Å². The van der Waals surface area contributed by atoms with Crippen molar-refractivity contribution in [3.63, 3.8) is 0 Å². The Balaban J connectivity index is 1.44. The Hall–Kier alpha value is -1.75. The fourth-order valence-electron chi connectivity index (χ4n) is 3.55. The van der Waals surface area contributed by atoms with Gasteiger partial charge in [0, 0.05) is 34.6 Å². The highest BCUT2D eigenvalue weighted by atomic mass is 35.5. The van der Waals surface area contributed by atoms with Gasteiger partial charge in [-0.05, 0) is 69.6 Å². The van der Waals surface area contributed by atoms with Crippen LogP contribution in [0.25, 0.3) is 0 Å². The highest BCUT2D eigenvalue weighted by Crippen LogP contribution is 2.27. The van der Waals surface area contributed by atoms with Crippen LogP contribution in [0.4, 0.5) is 0 Å². The fourth-order valence-corrected chi connectivity index (χ4v) is 4.07. The molecule has 1 N–H and O–H groups in total. The van der Waals surface area contributed by atoms with Gasteiger partial charge in [0.15, 0.2) is 0 Å². The van der Waals surface area contributed by atoms with Crippen LogP contribution in [0, 0.1) is 5.92 Å². The Labute approximate surface area is 183 Å². The third-order valence-corrected chi connectivity index (χ3v) is 5.87. The number of carbonyl (C=O) groups excluding carboxylic acids is 1. The van der Waals surface area contributed by atoms with E-state index in [1.807, 2.05) is 56.3 Å². The number of carbonyl (C=O) groups is 1. The number of amides is 1. The Morgan fingerprint density at radius 1 is 1.10 bits per heavy atom. The number of nitrogens with one attached hydrogen (secondary N) is 1. The number of piperidine rings is 1. The highest BCUT2D eigenvalue weighted by molar-refractivity contribution is 6.35. The zero-order chi connectivity index (χ0) is 20.8. The predicted octanol–water partition coefficient (Wildman–Crippen LogP) is 5.31. The summed E-state index contributed by atoms with van der Waals surface area (Å²) in [6, 6.07) is 13.5. The number of ether oxygens (including phenoxy) is 1. The number of rotatable bonds is 7. The molecule has 4 nitrogen and oxygen atoms in total. The molecule has 0 atom stereocenters. The molecule has 1 fully saturated rings. The third kappa shape index (κ3) is 6.36. The molecule has 3 rings (SSSR count). The van der Waals surface area contributed by atoms with Crippen LogP contribution in [0.5, 0.6) is 5.75 Å². The molecule has 1 heterocycles. The van der Waals surface area contributed by atoms with Crippen molar-refractivity contribution in [1.29, 1.82) is 0 Å². The maximum atomic E-state index is 12.6. The molecule has 0 radical (unpaired) electrons. The Morgan fingerprint density at radius 3 is 2.31 bits per heavy atom. The van der Waals surface area contributed by atoms with E-state index in [1.54, 1.807) is 0 Å². The van der Waals surface area contributed by atoms with E-state index >= 15 is 0 Å². The molecule has 2 aromatic carbocycles. The van der Waals surface area contributed by atoms with Crippen LogP contribution in [-0.2, 0) is 17.9 Å². The molecule has 6 heteroatoms. The van der Waals surface area contributed by atoms with Crippen LogP contribution in [-0.4, -0.2) is 30.0 Å². The zero-order valence-electron chi connectivity index (χ0n) is 17.0. The molecule has 0 unspecified atom stereocenters. The standard InChI is InChI=1S/C23H28Cl2N2O2/c1-16(2)29-19-8-6-17(7-9-19)14-26-23(28)18-10-12-27(13-11-18)15-20-21(24)4-3-5-22(20)25/h3-9,16,18H,10-15H2,1-2H3,(H,26,28). The Morgan fingerprint density at radius 2 is 1.72 bits per heavy atom. The van der Waals surface area contributed by atoms with E-state index in [0.717, 1.165) is 49.4 Å². The summed E-state index contributed by atoms with van der Waals surface area (Å²) in [5, 5.41) is 4.46. The molecular formula is C23H28Cl2N2O2. The molecule has 0 bridgehead atoms. The third-order valence-electron chi connectivity index (χ3n) is 5.16. The maximum absolute atomic E-state index is 12.6. The Kier molecular flexibility index (Phi) is 7.82. The summed E-state index contributed by atoms with van der Waals surface area (Å²) in [7, 11) is 0. The first kappa shape index (κ1) is 21.9. The number of nitrogens with zero attached hydrogens (tertiary/aromatic N) is 1. The minimum atomic E-state index is 0.0523. The first-order chi connectivity index (χ1) is 13.9. The molecule has 0 aliphatic carbocycles. The van der Waals surface area contributed by atoms with Gasteiger partial charge in [0.1, 0.15) is 5.75 Å². The summed E-state index contributed by atoms with van der Waals surface area (Å²) >= 11 is 12.6. The van der Waals surface area contributed by atoms with E-state index in [0.29, 0.717) is 16.6 Å². The van der Waals surface area contributed by atoms with Crippen LogP contribution in [0.1, 0.15) is 37.8 Å². The molecule has 29 heavy (non-hydrogen) atoms. The van der Waals surface area contributed by atoms with Crippen molar-refractivity contribution in [3.05, 3.63) is 63.6 Å². The lowest BCUT2D eigenvalue weighted by Gasteiger charge is -2.31. The second kappa shape index (κ2) is 10.3. The summed E-state index contributed by atoms with van der Waals surface area (Å²) in [6.07, 6.45) is 1.84. The van der Waals surface area contributed by atoms with Gasteiger partial charge in [0.2, 0.25) is 5.91 Å². The topological polar surface area (TPSA) is 41.6 Å². The van der Waals surface area contributed by atoms with Crippen LogP contribution < -0.4 is 10.1 Å². The fraction of sp³-hybridized carbons (Fsp3) is 0.435. The van der Waals surface area contributed by atoms with E-state index in [2.05, 4.69) is 10.2 Å². The molecule has 156 valence electrons. The monoisotopic (exact) mass is 434 g/mol. The normalized spacial score (nSPS) is 15.5. The van der Waals surface area contributed by atoms with Crippen molar-refractivity contribution in [2.24, 2.45) is 5.92 Å². The molecular weight excluding hydrogens is 407 g/mol. The van der Waals surface area contributed by atoms with Crippen LogP contribution in [0.3, 0.4) is 0 Å². The number of benzene rings is 2. The van der Waals surface area contributed by atoms with E-state index < -0.39 is 0 Å². The summed E-state index contributed by atoms with van der Waals surface area (Å²) in [4.78, 5) is 14.9. The van der Waals surface area contributed by atoms with Gasteiger partial charge in [-0.15, -0.1) is 0 Å².